The number of amides is 2. The molecule has 2 amide bonds. The van der Waals surface area contributed by atoms with Gasteiger partial charge in [0, 0.05) is 25.4 Å². The summed E-state index contributed by atoms with van der Waals surface area (Å²) in [5, 5.41) is 5.39. The average Bonchev–Trinajstić information content (AvgIpc) is 2.28. The van der Waals surface area contributed by atoms with Gasteiger partial charge in [0.2, 0.25) is 5.88 Å². The maximum atomic E-state index is 11.2. The second-order valence-electron chi connectivity index (χ2n) is 3.15. The summed E-state index contributed by atoms with van der Waals surface area (Å²) >= 11 is 0. The Kier molecular flexibility index (Phi) is 5.11. The van der Waals surface area contributed by atoms with Crippen molar-refractivity contribution in [3.63, 3.8) is 0 Å². The predicted octanol–water partition coefficient (Wildman–Crippen LogP) is 1.30. The average molecular weight is 223 g/mol. The smallest absolute Gasteiger partial charge is 0.315 e. The Bertz CT molecular complexity index is 342. The third-order valence-corrected chi connectivity index (χ3v) is 1.88. The number of hydrogen-bond donors (Lipinski definition) is 2. The molecule has 0 aliphatic rings. The largest absolute Gasteiger partial charge is 0.478 e. The maximum Gasteiger partial charge on any atom is 0.315 e. The van der Waals surface area contributed by atoms with Crippen LogP contribution in [0.15, 0.2) is 18.3 Å². The van der Waals surface area contributed by atoms with Crippen molar-refractivity contribution in [2.24, 2.45) is 0 Å². The summed E-state index contributed by atoms with van der Waals surface area (Å²) in [6, 6.07) is 3.49. The first kappa shape index (κ1) is 12.3. The highest BCUT2D eigenvalue weighted by molar-refractivity contribution is 5.73. The highest BCUT2D eigenvalue weighted by atomic mass is 16.5. The number of nitrogens with zero attached hydrogens (tertiary/aromatic N) is 1. The molecule has 5 heteroatoms. The van der Waals surface area contributed by atoms with Crippen LogP contribution in [-0.4, -0.2) is 24.2 Å². The Hall–Kier alpha value is -1.78. The van der Waals surface area contributed by atoms with Crippen LogP contribution in [0, 0.1) is 0 Å². The zero-order chi connectivity index (χ0) is 11.8. The number of ether oxygens (including phenoxy) is 1. The summed E-state index contributed by atoms with van der Waals surface area (Å²) in [6.45, 7) is 5.45. The van der Waals surface area contributed by atoms with Crippen LogP contribution in [-0.2, 0) is 6.54 Å². The molecular formula is C11H17N3O2. The van der Waals surface area contributed by atoms with Gasteiger partial charge in [-0.2, -0.15) is 0 Å². The zero-order valence-corrected chi connectivity index (χ0v) is 9.62. The van der Waals surface area contributed by atoms with Gasteiger partial charge < -0.3 is 15.4 Å². The zero-order valence-electron chi connectivity index (χ0n) is 9.62. The standard InChI is InChI=1S/C11H17N3O2/c1-3-12-11(15)14-8-9-5-6-13-10(7-9)16-4-2/h5-7H,3-4,8H2,1-2H3,(H2,12,14,15). The van der Waals surface area contributed by atoms with E-state index in [2.05, 4.69) is 15.6 Å². The van der Waals surface area contributed by atoms with Crippen molar-refractivity contribution in [1.29, 1.82) is 0 Å². The highest BCUT2D eigenvalue weighted by Gasteiger charge is 2.00. The molecule has 1 aromatic rings. The lowest BCUT2D eigenvalue weighted by molar-refractivity contribution is 0.241. The molecule has 0 spiro atoms. The molecule has 0 fully saturated rings. The number of carbonyl (C=O) groups is 1. The number of hydrogen-bond acceptors (Lipinski definition) is 3. The van der Waals surface area contributed by atoms with E-state index in [1.807, 2.05) is 26.0 Å². The van der Waals surface area contributed by atoms with E-state index in [-0.39, 0.29) is 6.03 Å². The first-order chi connectivity index (χ1) is 7.76. The van der Waals surface area contributed by atoms with Crippen LogP contribution in [0.1, 0.15) is 19.4 Å². The molecule has 0 saturated carbocycles. The molecule has 0 atom stereocenters. The van der Waals surface area contributed by atoms with E-state index in [1.165, 1.54) is 0 Å². The van der Waals surface area contributed by atoms with Crippen LogP contribution < -0.4 is 15.4 Å². The summed E-state index contributed by atoms with van der Waals surface area (Å²) in [4.78, 5) is 15.2. The summed E-state index contributed by atoms with van der Waals surface area (Å²) in [5.74, 6) is 0.581. The van der Waals surface area contributed by atoms with Crippen LogP contribution in [0.3, 0.4) is 0 Å². The summed E-state index contributed by atoms with van der Waals surface area (Å²) in [5.41, 5.74) is 0.963. The Morgan fingerprint density at radius 3 is 2.94 bits per heavy atom. The van der Waals surface area contributed by atoms with Crippen molar-refractivity contribution in [1.82, 2.24) is 15.6 Å². The number of pyridine rings is 1. The Balaban J connectivity index is 2.47. The molecule has 0 saturated heterocycles. The monoisotopic (exact) mass is 223 g/mol. The molecule has 0 aromatic carbocycles. The fourth-order valence-electron chi connectivity index (χ4n) is 1.19. The molecule has 2 N–H and O–H groups in total. The molecule has 5 nitrogen and oxygen atoms in total. The van der Waals surface area contributed by atoms with E-state index < -0.39 is 0 Å². The van der Waals surface area contributed by atoms with Gasteiger partial charge in [-0.3, -0.25) is 0 Å². The predicted molar refractivity (Wildman–Crippen MR) is 61.3 cm³/mol. The molecular weight excluding hydrogens is 206 g/mol. The van der Waals surface area contributed by atoms with Crippen LogP contribution in [0.2, 0.25) is 0 Å². The lowest BCUT2D eigenvalue weighted by Gasteiger charge is -2.07. The summed E-state index contributed by atoms with van der Waals surface area (Å²) in [6.07, 6.45) is 1.67. The minimum atomic E-state index is -0.169. The van der Waals surface area contributed by atoms with Crippen LogP contribution >= 0.6 is 0 Å². The van der Waals surface area contributed by atoms with Gasteiger partial charge in [-0.15, -0.1) is 0 Å². The third-order valence-electron chi connectivity index (χ3n) is 1.88. The third kappa shape index (κ3) is 4.16. The van der Waals surface area contributed by atoms with E-state index in [0.717, 1.165) is 5.56 Å². The molecule has 1 heterocycles. The van der Waals surface area contributed by atoms with Gasteiger partial charge in [0.15, 0.2) is 0 Å². The lowest BCUT2D eigenvalue weighted by atomic mass is 10.2. The molecule has 88 valence electrons. The van der Waals surface area contributed by atoms with Crippen molar-refractivity contribution >= 4 is 6.03 Å². The molecule has 0 radical (unpaired) electrons. The second kappa shape index (κ2) is 6.66. The van der Waals surface area contributed by atoms with E-state index in [4.69, 9.17) is 4.74 Å². The number of nitrogens with one attached hydrogen (secondary N) is 2. The van der Waals surface area contributed by atoms with Crippen LogP contribution in [0.4, 0.5) is 4.79 Å². The van der Waals surface area contributed by atoms with Crippen molar-refractivity contribution in [3.8, 4) is 5.88 Å². The first-order valence-corrected chi connectivity index (χ1v) is 5.35. The van der Waals surface area contributed by atoms with Crippen LogP contribution in [0.5, 0.6) is 5.88 Å². The van der Waals surface area contributed by atoms with Crippen LogP contribution in [0.25, 0.3) is 0 Å². The molecule has 0 aliphatic heterocycles. The number of urea groups is 1. The molecule has 0 unspecified atom stereocenters. The Morgan fingerprint density at radius 1 is 1.44 bits per heavy atom. The minimum absolute atomic E-state index is 0.169. The second-order valence-corrected chi connectivity index (χ2v) is 3.15. The van der Waals surface area contributed by atoms with Crippen molar-refractivity contribution in [2.45, 2.75) is 20.4 Å². The van der Waals surface area contributed by atoms with E-state index in [1.54, 1.807) is 6.20 Å². The molecule has 1 rings (SSSR count). The van der Waals surface area contributed by atoms with Gasteiger partial charge in [0.1, 0.15) is 0 Å². The number of carbonyl (C=O) groups excluding carboxylic acids is 1. The molecule has 0 bridgehead atoms. The highest BCUT2D eigenvalue weighted by Crippen LogP contribution is 2.08. The lowest BCUT2D eigenvalue weighted by Crippen LogP contribution is -2.34. The van der Waals surface area contributed by atoms with Gasteiger partial charge in [-0.1, -0.05) is 0 Å². The number of rotatable bonds is 5. The fraction of sp³-hybridized carbons (Fsp3) is 0.455. The molecule has 0 aliphatic carbocycles. The van der Waals surface area contributed by atoms with Gasteiger partial charge >= 0.3 is 6.03 Å². The number of aromatic nitrogens is 1. The van der Waals surface area contributed by atoms with Gasteiger partial charge in [0.05, 0.1) is 6.61 Å². The first-order valence-electron chi connectivity index (χ1n) is 5.35. The molecule has 1 aromatic heterocycles. The van der Waals surface area contributed by atoms with E-state index in [0.29, 0.717) is 25.6 Å². The quantitative estimate of drug-likeness (QED) is 0.790. The van der Waals surface area contributed by atoms with Crippen molar-refractivity contribution in [2.75, 3.05) is 13.2 Å². The normalized spacial score (nSPS) is 9.62. The fourth-order valence-corrected chi connectivity index (χ4v) is 1.19. The van der Waals surface area contributed by atoms with Gasteiger partial charge in [0.25, 0.3) is 0 Å². The minimum Gasteiger partial charge on any atom is -0.478 e. The van der Waals surface area contributed by atoms with E-state index >= 15 is 0 Å². The molecule has 16 heavy (non-hydrogen) atoms. The SMILES string of the molecule is CCNC(=O)NCc1ccnc(OCC)c1. The topological polar surface area (TPSA) is 63.2 Å². The Morgan fingerprint density at radius 2 is 2.25 bits per heavy atom. The van der Waals surface area contributed by atoms with Gasteiger partial charge in [-0.05, 0) is 25.5 Å². The van der Waals surface area contributed by atoms with E-state index in [9.17, 15) is 4.79 Å². The van der Waals surface area contributed by atoms with Gasteiger partial charge in [-0.25, -0.2) is 9.78 Å². The van der Waals surface area contributed by atoms with Crippen molar-refractivity contribution in [3.05, 3.63) is 23.9 Å². The van der Waals surface area contributed by atoms with Crippen molar-refractivity contribution < 1.29 is 9.53 Å². The maximum absolute atomic E-state index is 11.2. The Labute approximate surface area is 95.2 Å². The summed E-state index contributed by atoms with van der Waals surface area (Å²) < 4.78 is 5.26. The summed E-state index contributed by atoms with van der Waals surface area (Å²) in [7, 11) is 0.